The van der Waals surface area contributed by atoms with Gasteiger partial charge >= 0.3 is 0 Å². The van der Waals surface area contributed by atoms with Crippen molar-refractivity contribution in [1.29, 1.82) is 0 Å². The summed E-state index contributed by atoms with van der Waals surface area (Å²) >= 11 is 6.27. The minimum Gasteiger partial charge on any atom is -0.486 e. The zero-order chi connectivity index (χ0) is 24.8. The zero-order valence-electron chi connectivity index (χ0n) is 20.0. The van der Waals surface area contributed by atoms with Gasteiger partial charge < -0.3 is 19.7 Å². The first-order valence-electron chi connectivity index (χ1n) is 12.3. The van der Waals surface area contributed by atoms with Crippen molar-refractivity contribution in [1.82, 2.24) is 10.2 Å². The van der Waals surface area contributed by atoms with Crippen molar-refractivity contribution in [2.45, 2.75) is 19.4 Å². The van der Waals surface area contributed by atoms with E-state index in [1.807, 2.05) is 54.3 Å². The van der Waals surface area contributed by atoms with Crippen molar-refractivity contribution >= 4 is 23.4 Å². The Morgan fingerprint density at radius 2 is 1.81 bits per heavy atom. The van der Waals surface area contributed by atoms with Gasteiger partial charge in [-0.1, -0.05) is 41.9 Å². The predicted molar refractivity (Wildman–Crippen MR) is 138 cm³/mol. The van der Waals surface area contributed by atoms with E-state index >= 15 is 0 Å². The first-order valence-corrected chi connectivity index (χ1v) is 12.7. The Morgan fingerprint density at radius 3 is 2.67 bits per heavy atom. The second kappa shape index (κ2) is 9.17. The van der Waals surface area contributed by atoms with Gasteiger partial charge in [-0.05, 0) is 72.2 Å². The molecule has 6 nitrogen and oxygen atoms in total. The van der Waals surface area contributed by atoms with Crippen LogP contribution in [0.15, 0.2) is 60.7 Å². The lowest BCUT2D eigenvalue weighted by atomic mass is 9.94. The number of carbonyl (C=O) groups is 2. The van der Waals surface area contributed by atoms with Crippen LogP contribution in [0, 0.1) is 18.8 Å². The highest BCUT2D eigenvalue weighted by Gasteiger charge is 2.54. The highest BCUT2D eigenvalue weighted by atomic mass is 35.5. The van der Waals surface area contributed by atoms with Gasteiger partial charge in [-0.25, -0.2) is 0 Å². The molecule has 1 saturated heterocycles. The summed E-state index contributed by atoms with van der Waals surface area (Å²) in [4.78, 5) is 28.9. The number of hydrogen-bond donors (Lipinski definition) is 1. The molecule has 2 fully saturated rings. The van der Waals surface area contributed by atoms with Gasteiger partial charge in [-0.3, -0.25) is 9.59 Å². The molecule has 3 aliphatic rings. The van der Waals surface area contributed by atoms with Gasteiger partial charge in [0.2, 0.25) is 0 Å². The summed E-state index contributed by atoms with van der Waals surface area (Å²) < 4.78 is 11.3. The van der Waals surface area contributed by atoms with Crippen LogP contribution < -0.4 is 14.8 Å². The molecule has 1 saturated carbocycles. The van der Waals surface area contributed by atoms with Gasteiger partial charge in [0.05, 0.1) is 11.6 Å². The fourth-order valence-electron chi connectivity index (χ4n) is 5.64. The average Bonchev–Trinajstić information content (AvgIpc) is 3.57. The van der Waals surface area contributed by atoms with Gasteiger partial charge in [0.1, 0.15) is 13.2 Å². The number of halogens is 1. The molecule has 1 N–H and O–H groups in total. The van der Waals surface area contributed by atoms with E-state index in [0.717, 1.165) is 23.1 Å². The minimum atomic E-state index is -0.218. The molecule has 2 aliphatic heterocycles. The molecule has 36 heavy (non-hydrogen) atoms. The maximum Gasteiger partial charge on any atom is 0.255 e. The summed E-state index contributed by atoms with van der Waals surface area (Å²) in [6, 6.07) is 18.7. The Morgan fingerprint density at radius 1 is 1.03 bits per heavy atom. The molecule has 0 radical (unpaired) electrons. The van der Waals surface area contributed by atoms with Crippen molar-refractivity contribution in [3.05, 3.63) is 82.4 Å². The number of aryl methyl sites for hydroxylation is 1. The molecule has 7 heteroatoms. The van der Waals surface area contributed by atoms with Crippen molar-refractivity contribution in [2.24, 2.45) is 11.8 Å². The fraction of sp³-hybridized carbons (Fsp3) is 0.310. The monoisotopic (exact) mass is 502 g/mol. The molecular formula is C29H27ClN2O4. The molecule has 6 rings (SSSR count). The van der Waals surface area contributed by atoms with Crippen LogP contribution in [0.5, 0.6) is 11.5 Å². The molecule has 184 valence electrons. The maximum absolute atomic E-state index is 13.9. The van der Waals surface area contributed by atoms with E-state index in [2.05, 4.69) is 5.32 Å². The molecule has 3 aromatic rings. The van der Waals surface area contributed by atoms with Crippen LogP contribution in [0.1, 0.15) is 32.7 Å². The molecule has 0 aromatic heterocycles. The molecule has 3 aromatic carbocycles. The van der Waals surface area contributed by atoms with Gasteiger partial charge in [0.15, 0.2) is 11.5 Å². The van der Waals surface area contributed by atoms with E-state index in [-0.39, 0.29) is 17.9 Å². The highest BCUT2D eigenvalue weighted by Crippen LogP contribution is 2.50. The molecule has 0 unspecified atom stereocenters. The second-order valence-electron chi connectivity index (χ2n) is 9.73. The summed E-state index contributed by atoms with van der Waals surface area (Å²) in [5, 5.41) is 3.70. The van der Waals surface area contributed by atoms with Crippen LogP contribution in [0.3, 0.4) is 0 Å². The van der Waals surface area contributed by atoms with Crippen molar-refractivity contribution in [2.75, 3.05) is 26.3 Å². The Labute approximate surface area is 215 Å². The lowest BCUT2D eigenvalue weighted by Crippen LogP contribution is -2.45. The van der Waals surface area contributed by atoms with Crippen molar-refractivity contribution in [3.63, 3.8) is 0 Å². The summed E-state index contributed by atoms with van der Waals surface area (Å²) in [6.45, 7) is 4.01. The molecular weight excluding hydrogens is 476 g/mol. The van der Waals surface area contributed by atoms with Gasteiger partial charge in [0, 0.05) is 23.7 Å². The highest BCUT2D eigenvalue weighted by molar-refractivity contribution is 6.30. The first-order chi connectivity index (χ1) is 17.5. The number of benzene rings is 3. The number of ether oxygens (including phenoxy) is 2. The third-order valence-electron chi connectivity index (χ3n) is 7.46. The van der Waals surface area contributed by atoms with Gasteiger partial charge in [-0.15, -0.1) is 0 Å². The van der Waals surface area contributed by atoms with E-state index in [1.54, 1.807) is 18.2 Å². The lowest BCUT2D eigenvalue weighted by Gasteiger charge is -2.29. The van der Waals surface area contributed by atoms with E-state index in [4.69, 9.17) is 21.1 Å². The second-order valence-corrected chi connectivity index (χ2v) is 10.2. The van der Waals surface area contributed by atoms with E-state index in [9.17, 15) is 9.59 Å². The van der Waals surface area contributed by atoms with Crippen LogP contribution >= 0.6 is 11.6 Å². The number of nitrogens with zero attached hydrogens (tertiary/aromatic N) is 1. The van der Waals surface area contributed by atoms with Crippen LogP contribution in [0.2, 0.25) is 5.02 Å². The number of amides is 2. The van der Waals surface area contributed by atoms with E-state index in [1.165, 1.54) is 0 Å². The molecule has 2 heterocycles. The summed E-state index contributed by atoms with van der Waals surface area (Å²) in [7, 11) is 0. The molecule has 0 bridgehead atoms. The molecule has 1 aliphatic carbocycles. The summed E-state index contributed by atoms with van der Waals surface area (Å²) in [5.41, 5.74) is 3.97. The van der Waals surface area contributed by atoms with Crippen molar-refractivity contribution < 1.29 is 19.1 Å². The predicted octanol–water partition coefficient (Wildman–Crippen LogP) is 4.98. The number of carbonyl (C=O) groups excluding carboxylic acids is 2. The Kier molecular flexibility index (Phi) is 5.84. The largest absolute Gasteiger partial charge is 0.486 e. The maximum atomic E-state index is 13.9. The van der Waals surface area contributed by atoms with Crippen LogP contribution in [-0.4, -0.2) is 49.1 Å². The minimum absolute atomic E-state index is 0.00560. The number of para-hydroxylation sites is 1. The smallest absolute Gasteiger partial charge is 0.255 e. The van der Waals surface area contributed by atoms with Crippen molar-refractivity contribution in [3.8, 4) is 22.6 Å². The first kappa shape index (κ1) is 22.9. The standard InChI is InChI=1S/C29H27ClN2O4/c1-17-5-2-8-21(26(17)18-6-3-7-20(30)13-18)29(34)32-16-19-14-23(19)24(32)15-31-28(33)22-9-4-10-25-27(22)36-12-11-35-25/h2-10,13,19,23-24H,11-12,14-16H2,1H3,(H,31,33)/t19-,23-,24-/m1/s1. The van der Waals surface area contributed by atoms with Gasteiger partial charge in [-0.2, -0.15) is 0 Å². The topological polar surface area (TPSA) is 67.9 Å². The molecule has 3 atom stereocenters. The van der Waals surface area contributed by atoms with E-state index < -0.39 is 0 Å². The third-order valence-corrected chi connectivity index (χ3v) is 7.70. The van der Waals surface area contributed by atoms with Crippen LogP contribution in [-0.2, 0) is 0 Å². The third kappa shape index (κ3) is 4.09. The fourth-order valence-corrected chi connectivity index (χ4v) is 5.83. The Hall–Kier alpha value is -3.51. The van der Waals surface area contributed by atoms with E-state index in [0.29, 0.717) is 65.8 Å². The quantitative estimate of drug-likeness (QED) is 0.534. The number of fused-ring (bicyclic) bond motifs is 2. The number of likely N-dealkylation sites (tertiary alicyclic amines) is 1. The Bertz CT molecular complexity index is 1360. The summed E-state index contributed by atoms with van der Waals surface area (Å²) in [5.74, 6) is 1.75. The molecule has 2 amide bonds. The molecule has 0 spiro atoms. The number of nitrogens with one attached hydrogen (secondary N) is 1. The summed E-state index contributed by atoms with van der Waals surface area (Å²) in [6.07, 6.45) is 1.09. The Balaban J connectivity index is 1.24. The lowest BCUT2D eigenvalue weighted by molar-refractivity contribution is 0.0695. The SMILES string of the molecule is Cc1cccc(C(=O)N2C[C@H]3C[C@H]3[C@H]2CNC(=O)c2cccc3c2OCCO3)c1-c1cccc(Cl)c1. The average molecular weight is 503 g/mol. The van der Waals surface area contributed by atoms with Gasteiger partial charge in [0.25, 0.3) is 11.8 Å². The zero-order valence-corrected chi connectivity index (χ0v) is 20.8. The normalized spacial score (nSPS) is 21.6. The number of rotatable bonds is 5. The number of hydrogen-bond acceptors (Lipinski definition) is 4. The number of piperidine rings is 1. The van der Waals surface area contributed by atoms with Crippen LogP contribution in [0.25, 0.3) is 11.1 Å². The van der Waals surface area contributed by atoms with Crippen LogP contribution in [0.4, 0.5) is 0 Å².